The molecule has 2 fully saturated rings. The highest BCUT2D eigenvalue weighted by atomic mass is 32.1. The number of thiophene rings is 1. The second kappa shape index (κ2) is 7.66. The molecular formula is C18H24N4O2S. The third kappa shape index (κ3) is 3.93. The fraction of sp³-hybridized carbons (Fsp3) is 0.611. The third-order valence-electron chi connectivity index (χ3n) is 5.24. The average molecular weight is 360 g/mol. The largest absolute Gasteiger partial charge is 0.340 e. The highest BCUT2D eigenvalue weighted by Gasteiger charge is 2.28. The van der Waals surface area contributed by atoms with Gasteiger partial charge in [-0.15, -0.1) is 0 Å². The maximum atomic E-state index is 12.6. The van der Waals surface area contributed by atoms with Crippen LogP contribution in [0.2, 0.25) is 0 Å². The number of carbonyl (C=O) groups is 1. The van der Waals surface area contributed by atoms with Gasteiger partial charge >= 0.3 is 0 Å². The lowest BCUT2D eigenvalue weighted by atomic mass is 9.88. The number of hydrogen-bond acceptors (Lipinski definition) is 6. The second-order valence-corrected chi connectivity index (χ2v) is 7.74. The van der Waals surface area contributed by atoms with Gasteiger partial charge < -0.3 is 9.42 Å². The first-order valence-electron chi connectivity index (χ1n) is 9.16. The topological polar surface area (TPSA) is 62.5 Å². The molecule has 0 spiro atoms. The Kier molecular flexibility index (Phi) is 5.12. The number of amides is 1. The smallest absolute Gasteiger partial charge is 0.241 e. The van der Waals surface area contributed by atoms with Crippen LogP contribution in [0.5, 0.6) is 0 Å². The van der Waals surface area contributed by atoms with Gasteiger partial charge in [-0.05, 0) is 24.3 Å². The summed E-state index contributed by atoms with van der Waals surface area (Å²) in [7, 11) is 0. The molecule has 0 atom stereocenters. The number of aromatic nitrogens is 2. The van der Waals surface area contributed by atoms with Crippen LogP contribution < -0.4 is 0 Å². The van der Waals surface area contributed by atoms with E-state index in [1.165, 1.54) is 19.3 Å². The minimum atomic E-state index is 0.268. The van der Waals surface area contributed by atoms with Crippen molar-refractivity contribution in [3.05, 3.63) is 22.7 Å². The van der Waals surface area contributed by atoms with Crippen molar-refractivity contribution >= 4 is 17.2 Å². The number of carbonyl (C=O) groups excluding carboxylic acids is 1. The molecule has 2 aliphatic rings. The first-order valence-corrected chi connectivity index (χ1v) is 10.1. The number of piperazine rings is 1. The molecule has 1 amide bonds. The summed E-state index contributed by atoms with van der Waals surface area (Å²) in [5.41, 5.74) is 1.00. The molecule has 1 saturated carbocycles. The van der Waals surface area contributed by atoms with Crippen LogP contribution in [0.25, 0.3) is 11.4 Å². The Hall–Kier alpha value is -1.73. The average Bonchev–Trinajstić information content (AvgIpc) is 3.34. The van der Waals surface area contributed by atoms with E-state index >= 15 is 0 Å². The SMILES string of the molecule is O=C(C1CCCCC1)N1CCN(Cc2nc(-c3ccsc3)no2)CC1. The molecule has 3 heterocycles. The highest BCUT2D eigenvalue weighted by Crippen LogP contribution is 2.26. The van der Waals surface area contributed by atoms with Gasteiger partial charge in [-0.2, -0.15) is 16.3 Å². The van der Waals surface area contributed by atoms with Crippen molar-refractivity contribution < 1.29 is 9.32 Å². The summed E-state index contributed by atoms with van der Waals surface area (Å²) < 4.78 is 5.38. The van der Waals surface area contributed by atoms with Gasteiger partial charge in [0.05, 0.1) is 6.54 Å². The molecule has 1 aliphatic carbocycles. The van der Waals surface area contributed by atoms with Gasteiger partial charge in [0, 0.05) is 43.0 Å². The van der Waals surface area contributed by atoms with Gasteiger partial charge in [-0.3, -0.25) is 9.69 Å². The van der Waals surface area contributed by atoms with E-state index in [-0.39, 0.29) is 5.92 Å². The monoisotopic (exact) mass is 360 g/mol. The molecule has 1 aliphatic heterocycles. The maximum absolute atomic E-state index is 12.6. The van der Waals surface area contributed by atoms with Crippen molar-refractivity contribution in [1.82, 2.24) is 19.9 Å². The molecule has 1 saturated heterocycles. The number of nitrogens with zero attached hydrogens (tertiary/aromatic N) is 4. The van der Waals surface area contributed by atoms with Gasteiger partial charge in [0.25, 0.3) is 0 Å². The summed E-state index contributed by atoms with van der Waals surface area (Å²) in [5.74, 6) is 1.94. The van der Waals surface area contributed by atoms with Crippen molar-refractivity contribution in [2.75, 3.05) is 26.2 Å². The molecule has 25 heavy (non-hydrogen) atoms. The van der Waals surface area contributed by atoms with Crippen LogP contribution in [-0.4, -0.2) is 52.0 Å². The fourth-order valence-electron chi connectivity index (χ4n) is 3.75. The van der Waals surface area contributed by atoms with E-state index in [0.717, 1.165) is 44.6 Å². The molecule has 0 radical (unpaired) electrons. The highest BCUT2D eigenvalue weighted by molar-refractivity contribution is 7.08. The van der Waals surface area contributed by atoms with Gasteiger partial charge in [-0.25, -0.2) is 0 Å². The zero-order valence-corrected chi connectivity index (χ0v) is 15.2. The fourth-order valence-corrected chi connectivity index (χ4v) is 4.39. The van der Waals surface area contributed by atoms with E-state index < -0.39 is 0 Å². The zero-order valence-electron chi connectivity index (χ0n) is 14.4. The van der Waals surface area contributed by atoms with E-state index in [1.807, 2.05) is 16.8 Å². The second-order valence-electron chi connectivity index (χ2n) is 6.96. The van der Waals surface area contributed by atoms with Crippen LogP contribution in [0, 0.1) is 5.92 Å². The molecule has 0 bridgehead atoms. The Morgan fingerprint density at radius 1 is 1.20 bits per heavy atom. The first kappa shape index (κ1) is 16.7. The van der Waals surface area contributed by atoms with Crippen LogP contribution in [-0.2, 0) is 11.3 Å². The summed E-state index contributed by atoms with van der Waals surface area (Å²) in [6, 6.07) is 1.99. The Labute approximate surface area is 151 Å². The Balaban J connectivity index is 1.28. The molecule has 6 nitrogen and oxygen atoms in total. The van der Waals surface area contributed by atoms with Crippen LogP contribution in [0.4, 0.5) is 0 Å². The normalized spacial score (nSPS) is 20.1. The van der Waals surface area contributed by atoms with Crippen molar-refractivity contribution in [1.29, 1.82) is 0 Å². The molecule has 134 valence electrons. The van der Waals surface area contributed by atoms with Crippen LogP contribution >= 0.6 is 11.3 Å². The zero-order chi connectivity index (χ0) is 17.1. The summed E-state index contributed by atoms with van der Waals surface area (Å²) in [4.78, 5) is 21.4. The minimum absolute atomic E-state index is 0.268. The minimum Gasteiger partial charge on any atom is -0.340 e. The lowest BCUT2D eigenvalue weighted by molar-refractivity contribution is -0.138. The maximum Gasteiger partial charge on any atom is 0.241 e. The predicted octanol–water partition coefficient (Wildman–Crippen LogP) is 3.02. The molecule has 7 heteroatoms. The van der Waals surface area contributed by atoms with E-state index in [0.29, 0.717) is 24.2 Å². The van der Waals surface area contributed by atoms with E-state index in [1.54, 1.807) is 11.3 Å². The predicted molar refractivity (Wildman–Crippen MR) is 96.0 cm³/mol. The third-order valence-corrected chi connectivity index (χ3v) is 5.93. The quantitative estimate of drug-likeness (QED) is 0.839. The van der Waals surface area contributed by atoms with Crippen LogP contribution in [0.1, 0.15) is 38.0 Å². The lowest BCUT2D eigenvalue weighted by Gasteiger charge is -2.36. The van der Waals surface area contributed by atoms with Crippen LogP contribution in [0.3, 0.4) is 0 Å². The van der Waals surface area contributed by atoms with Gasteiger partial charge in [0.15, 0.2) is 0 Å². The van der Waals surface area contributed by atoms with Gasteiger partial charge in [0.2, 0.25) is 17.6 Å². The van der Waals surface area contributed by atoms with Gasteiger partial charge in [0.1, 0.15) is 0 Å². The lowest BCUT2D eigenvalue weighted by Crippen LogP contribution is -2.50. The summed E-state index contributed by atoms with van der Waals surface area (Å²) in [5, 5.41) is 8.08. The van der Waals surface area contributed by atoms with Crippen molar-refractivity contribution in [2.24, 2.45) is 5.92 Å². The summed E-state index contributed by atoms with van der Waals surface area (Å²) in [6.45, 7) is 4.01. The molecular weight excluding hydrogens is 336 g/mol. The van der Waals surface area contributed by atoms with Crippen molar-refractivity contribution in [3.63, 3.8) is 0 Å². The first-order chi connectivity index (χ1) is 12.3. The number of rotatable bonds is 4. The van der Waals surface area contributed by atoms with E-state index in [2.05, 4.69) is 19.9 Å². The van der Waals surface area contributed by atoms with E-state index in [9.17, 15) is 4.79 Å². The van der Waals surface area contributed by atoms with Crippen molar-refractivity contribution in [2.45, 2.75) is 38.6 Å². The molecule has 2 aromatic rings. The molecule has 2 aromatic heterocycles. The molecule has 4 rings (SSSR count). The Morgan fingerprint density at radius 2 is 2.00 bits per heavy atom. The van der Waals surface area contributed by atoms with Crippen molar-refractivity contribution in [3.8, 4) is 11.4 Å². The number of hydrogen-bond donors (Lipinski definition) is 0. The molecule has 0 aromatic carbocycles. The van der Waals surface area contributed by atoms with Gasteiger partial charge in [-0.1, -0.05) is 24.4 Å². The standard InChI is InChI=1S/C18H24N4O2S/c23-18(14-4-2-1-3-5-14)22-9-7-21(8-10-22)12-16-19-17(20-24-16)15-6-11-25-13-15/h6,11,13-14H,1-5,7-10,12H2. The Bertz CT molecular complexity index is 686. The summed E-state index contributed by atoms with van der Waals surface area (Å²) >= 11 is 1.62. The van der Waals surface area contributed by atoms with Crippen LogP contribution in [0.15, 0.2) is 21.3 Å². The summed E-state index contributed by atoms with van der Waals surface area (Å²) in [6.07, 6.45) is 5.86. The Morgan fingerprint density at radius 3 is 2.72 bits per heavy atom. The molecule has 0 N–H and O–H groups in total. The molecule has 0 unspecified atom stereocenters. The van der Waals surface area contributed by atoms with E-state index in [4.69, 9.17) is 4.52 Å².